The van der Waals surface area contributed by atoms with Gasteiger partial charge in [0.05, 0.1) is 10.8 Å². The molecule has 0 radical (unpaired) electrons. The van der Waals surface area contributed by atoms with Crippen LogP contribution in [0.15, 0.2) is 35.5 Å². The van der Waals surface area contributed by atoms with Gasteiger partial charge in [0.1, 0.15) is 17.1 Å². The topological polar surface area (TPSA) is 125 Å². The smallest absolute Gasteiger partial charge is 0.270 e. The predicted molar refractivity (Wildman–Crippen MR) is 146 cm³/mol. The van der Waals surface area contributed by atoms with Crippen LogP contribution in [0, 0.1) is 0 Å². The Morgan fingerprint density at radius 2 is 2.03 bits per heavy atom. The summed E-state index contributed by atoms with van der Waals surface area (Å²) < 4.78 is 2.03. The first kappa shape index (κ1) is 26.2. The maximum absolute atomic E-state index is 12.9. The highest BCUT2D eigenvalue weighted by atomic mass is 32.1. The molecule has 194 valence electrons. The second-order valence-electron chi connectivity index (χ2n) is 9.30. The van der Waals surface area contributed by atoms with E-state index in [1.807, 2.05) is 10.6 Å². The quantitative estimate of drug-likeness (QED) is 0.157. The molecule has 3 aromatic rings. The third-order valence-electron chi connectivity index (χ3n) is 6.44. The molecule has 2 heterocycles. The van der Waals surface area contributed by atoms with Crippen LogP contribution in [0.5, 0.6) is 5.75 Å². The van der Waals surface area contributed by atoms with Crippen LogP contribution in [0.2, 0.25) is 0 Å². The van der Waals surface area contributed by atoms with Crippen molar-refractivity contribution in [2.24, 2.45) is 4.99 Å². The fraction of sp³-hybridized carbons (Fsp3) is 0.423. The van der Waals surface area contributed by atoms with E-state index in [-0.39, 0.29) is 23.6 Å². The normalized spacial score (nSPS) is 13.4. The zero-order valence-electron chi connectivity index (χ0n) is 21.0. The van der Waals surface area contributed by atoms with Crippen LogP contribution in [-0.2, 0) is 0 Å². The summed E-state index contributed by atoms with van der Waals surface area (Å²) >= 11 is 4.53. The number of nitrogens with one attached hydrogen (secondary N) is 2. The molecule has 0 atom stereocenters. The average Bonchev–Trinajstić information content (AvgIpc) is 3.54. The molecule has 37 heavy (non-hydrogen) atoms. The fourth-order valence-electron chi connectivity index (χ4n) is 4.56. The summed E-state index contributed by atoms with van der Waals surface area (Å²) in [5.41, 5.74) is 2.00. The van der Waals surface area contributed by atoms with Crippen LogP contribution in [0.25, 0.3) is 11.0 Å². The minimum atomic E-state index is -0.273. The lowest BCUT2D eigenvalue weighted by Gasteiger charge is -2.19. The lowest BCUT2D eigenvalue weighted by atomic mass is 10.1. The van der Waals surface area contributed by atoms with E-state index >= 15 is 0 Å². The number of benzene rings is 1. The van der Waals surface area contributed by atoms with Crippen molar-refractivity contribution < 1.29 is 14.7 Å². The van der Waals surface area contributed by atoms with E-state index in [0.29, 0.717) is 41.6 Å². The number of anilines is 2. The molecule has 0 unspecified atom stereocenters. The molecular weight excluding hydrogens is 490 g/mol. The van der Waals surface area contributed by atoms with E-state index in [1.165, 1.54) is 6.07 Å². The van der Waals surface area contributed by atoms with Gasteiger partial charge in [-0.3, -0.25) is 9.59 Å². The van der Waals surface area contributed by atoms with E-state index in [0.717, 1.165) is 43.9 Å². The lowest BCUT2D eigenvalue weighted by molar-refractivity contribution is 0.0815. The number of amides is 2. The first-order valence-electron chi connectivity index (χ1n) is 12.4. The summed E-state index contributed by atoms with van der Waals surface area (Å²) in [6, 6.07) is 6.69. The Hall–Kier alpha value is -3.82. The molecule has 2 aromatic heterocycles. The van der Waals surface area contributed by atoms with Crippen molar-refractivity contribution in [3.8, 4) is 5.75 Å². The largest absolute Gasteiger partial charge is 0.506 e. The maximum atomic E-state index is 12.9. The number of hydrogen-bond donors (Lipinski definition) is 3. The Bertz CT molecular complexity index is 1340. The molecule has 0 bridgehead atoms. The fourth-order valence-corrected chi connectivity index (χ4v) is 4.65. The van der Waals surface area contributed by atoms with Crippen molar-refractivity contribution in [2.45, 2.75) is 44.6 Å². The highest BCUT2D eigenvalue weighted by Gasteiger charge is 2.26. The van der Waals surface area contributed by atoms with Crippen LogP contribution in [-0.4, -0.2) is 68.7 Å². The molecule has 10 nitrogen and oxygen atoms in total. The molecular formula is C26H31N7O3S. The number of aromatic nitrogens is 3. The van der Waals surface area contributed by atoms with E-state index in [4.69, 9.17) is 4.98 Å². The molecule has 2 amide bonds. The van der Waals surface area contributed by atoms with Crippen molar-refractivity contribution in [3.63, 3.8) is 0 Å². The Labute approximate surface area is 220 Å². The SMILES string of the molecule is CN(C)C(=O)c1cc2cnc(Nc3ccc(C(=O)NCCCCN=C=S)cc3O)nc2n1C1CCCC1. The van der Waals surface area contributed by atoms with E-state index in [1.54, 1.807) is 37.3 Å². The van der Waals surface area contributed by atoms with Crippen LogP contribution in [0.1, 0.15) is 65.4 Å². The van der Waals surface area contributed by atoms with Crippen molar-refractivity contribution in [1.82, 2.24) is 24.8 Å². The lowest BCUT2D eigenvalue weighted by Crippen LogP contribution is -2.25. The molecule has 1 aromatic carbocycles. The van der Waals surface area contributed by atoms with Gasteiger partial charge < -0.3 is 25.2 Å². The molecule has 0 spiro atoms. The van der Waals surface area contributed by atoms with Crippen LogP contribution >= 0.6 is 12.2 Å². The number of aromatic hydroxyl groups is 1. The van der Waals surface area contributed by atoms with E-state index in [2.05, 4.69) is 38.0 Å². The second-order valence-corrected chi connectivity index (χ2v) is 9.49. The minimum Gasteiger partial charge on any atom is -0.506 e. The number of phenols is 1. The molecule has 1 fully saturated rings. The summed E-state index contributed by atoms with van der Waals surface area (Å²) in [6.45, 7) is 1.09. The van der Waals surface area contributed by atoms with Gasteiger partial charge in [-0.15, -0.1) is 0 Å². The van der Waals surface area contributed by atoms with Crippen molar-refractivity contribution in [1.29, 1.82) is 0 Å². The first-order valence-corrected chi connectivity index (χ1v) is 12.8. The van der Waals surface area contributed by atoms with Gasteiger partial charge >= 0.3 is 0 Å². The highest BCUT2D eigenvalue weighted by molar-refractivity contribution is 7.78. The Balaban J connectivity index is 1.51. The molecule has 3 N–H and O–H groups in total. The van der Waals surface area contributed by atoms with E-state index in [9.17, 15) is 14.7 Å². The Morgan fingerprint density at radius 3 is 2.73 bits per heavy atom. The first-order chi connectivity index (χ1) is 17.9. The number of unbranched alkanes of at least 4 members (excludes halogenated alkanes) is 1. The number of fused-ring (bicyclic) bond motifs is 1. The van der Waals surface area contributed by atoms with Gasteiger partial charge in [-0.1, -0.05) is 12.8 Å². The monoisotopic (exact) mass is 521 g/mol. The summed E-state index contributed by atoms with van der Waals surface area (Å²) in [7, 11) is 3.48. The standard InChI is InChI=1S/C26H31N7O3S/c1-32(2)25(36)21-13-18-15-29-26(31-23(18)33(21)19-7-3-4-8-19)30-20-10-9-17(14-22(20)34)24(35)28-12-6-5-11-27-16-37/h9-10,13-15,19,34H,3-8,11-12H2,1-2H3,(H,28,35)(H,29,30,31). The number of hydrogen-bond acceptors (Lipinski definition) is 8. The van der Waals surface area contributed by atoms with Crippen molar-refractivity contribution in [3.05, 3.63) is 41.7 Å². The number of aliphatic imine (C=N–C) groups is 1. The Kier molecular flexibility index (Phi) is 8.47. The third-order valence-corrected chi connectivity index (χ3v) is 6.57. The summed E-state index contributed by atoms with van der Waals surface area (Å²) in [6.07, 6.45) is 7.47. The summed E-state index contributed by atoms with van der Waals surface area (Å²) in [5, 5.41) is 19.5. The molecule has 0 saturated heterocycles. The molecule has 4 rings (SSSR count). The van der Waals surface area contributed by atoms with Gasteiger partial charge in [0.15, 0.2) is 0 Å². The van der Waals surface area contributed by atoms with Gasteiger partial charge in [0, 0.05) is 50.4 Å². The number of carbonyl (C=O) groups excluding carboxylic acids is 2. The number of isothiocyanates is 1. The van der Waals surface area contributed by atoms with Gasteiger partial charge in [-0.2, -0.15) is 4.98 Å². The second kappa shape index (κ2) is 11.9. The third kappa shape index (κ3) is 6.12. The van der Waals surface area contributed by atoms with Crippen LogP contribution in [0.3, 0.4) is 0 Å². The van der Waals surface area contributed by atoms with Gasteiger partial charge in [-0.05, 0) is 62.2 Å². The van der Waals surface area contributed by atoms with Crippen LogP contribution < -0.4 is 10.6 Å². The molecule has 1 aliphatic carbocycles. The molecule has 0 aliphatic heterocycles. The summed E-state index contributed by atoms with van der Waals surface area (Å²) in [5.74, 6) is -0.152. The number of rotatable bonds is 10. The average molecular weight is 522 g/mol. The number of thiocarbonyl (C=S) groups is 1. The van der Waals surface area contributed by atoms with Crippen LogP contribution in [0.4, 0.5) is 11.6 Å². The predicted octanol–water partition coefficient (Wildman–Crippen LogP) is 4.31. The number of phenolic OH excluding ortho intramolecular Hbond substituents is 1. The molecule has 1 aliphatic rings. The van der Waals surface area contributed by atoms with Gasteiger partial charge in [-0.25, -0.2) is 9.98 Å². The summed E-state index contributed by atoms with van der Waals surface area (Å²) in [4.78, 5) is 39.8. The number of nitrogens with zero attached hydrogens (tertiary/aromatic N) is 5. The van der Waals surface area contributed by atoms with Crippen molar-refractivity contribution >= 4 is 51.9 Å². The number of carbonyl (C=O) groups is 2. The molecule has 1 saturated carbocycles. The Morgan fingerprint density at radius 1 is 1.24 bits per heavy atom. The zero-order valence-corrected chi connectivity index (χ0v) is 21.8. The maximum Gasteiger partial charge on any atom is 0.270 e. The zero-order chi connectivity index (χ0) is 26.4. The van der Waals surface area contributed by atoms with Gasteiger partial charge in [0.2, 0.25) is 5.95 Å². The van der Waals surface area contributed by atoms with Crippen molar-refractivity contribution in [2.75, 3.05) is 32.5 Å². The van der Waals surface area contributed by atoms with Gasteiger partial charge in [0.25, 0.3) is 11.8 Å². The highest BCUT2D eigenvalue weighted by Crippen LogP contribution is 2.35. The van der Waals surface area contributed by atoms with E-state index < -0.39 is 0 Å². The minimum absolute atomic E-state index is 0.0746. The molecule has 11 heteroatoms.